The van der Waals surface area contributed by atoms with E-state index in [9.17, 15) is 0 Å². The second kappa shape index (κ2) is 6.77. The van der Waals surface area contributed by atoms with Crippen molar-refractivity contribution in [2.24, 2.45) is 13.0 Å². The van der Waals surface area contributed by atoms with E-state index in [4.69, 9.17) is 4.74 Å². The second-order valence-corrected chi connectivity index (χ2v) is 4.82. The number of ether oxygens (including phenoxy) is 1. The van der Waals surface area contributed by atoms with Crippen molar-refractivity contribution >= 4 is 0 Å². The molecule has 4 nitrogen and oxygen atoms in total. The summed E-state index contributed by atoms with van der Waals surface area (Å²) in [6.07, 6.45) is 8.58. The van der Waals surface area contributed by atoms with Crippen molar-refractivity contribution in [2.45, 2.75) is 25.7 Å². The number of aryl methyl sites for hydroxylation is 1. The number of nitrogens with zero attached hydrogens (tertiary/aromatic N) is 2. The summed E-state index contributed by atoms with van der Waals surface area (Å²) in [6.45, 7) is 4.03. The van der Waals surface area contributed by atoms with Gasteiger partial charge in [0.05, 0.1) is 6.61 Å². The largest absolute Gasteiger partial charge is 0.381 e. The molecule has 1 saturated heterocycles. The summed E-state index contributed by atoms with van der Waals surface area (Å²) in [5.74, 6) is 1.92. The maximum absolute atomic E-state index is 5.68. The third-order valence-electron chi connectivity index (χ3n) is 3.46. The van der Waals surface area contributed by atoms with Crippen LogP contribution in [0.4, 0.5) is 0 Å². The number of piperidine rings is 1. The Morgan fingerprint density at radius 2 is 2.47 bits per heavy atom. The molecule has 0 aliphatic carbocycles. The minimum absolute atomic E-state index is 0.783. The van der Waals surface area contributed by atoms with Crippen LogP contribution in [0.3, 0.4) is 0 Å². The highest BCUT2D eigenvalue weighted by atomic mass is 16.5. The zero-order valence-electron chi connectivity index (χ0n) is 10.7. The van der Waals surface area contributed by atoms with Crippen LogP contribution in [0.25, 0.3) is 0 Å². The fourth-order valence-electron chi connectivity index (χ4n) is 2.32. The third-order valence-corrected chi connectivity index (χ3v) is 3.46. The van der Waals surface area contributed by atoms with Gasteiger partial charge in [0.25, 0.3) is 0 Å². The molecular weight excluding hydrogens is 214 g/mol. The van der Waals surface area contributed by atoms with Crippen molar-refractivity contribution in [1.29, 1.82) is 0 Å². The summed E-state index contributed by atoms with van der Waals surface area (Å²) >= 11 is 0. The Morgan fingerprint density at radius 3 is 3.18 bits per heavy atom. The van der Waals surface area contributed by atoms with E-state index in [0.717, 1.165) is 31.4 Å². The Hall–Kier alpha value is -0.870. The molecule has 0 spiro atoms. The Morgan fingerprint density at radius 1 is 1.53 bits per heavy atom. The zero-order valence-corrected chi connectivity index (χ0v) is 10.7. The molecule has 1 aliphatic heterocycles. The van der Waals surface area contributed by atoms with Gasteiger partial charge in [-0.15, -0.1) is 0 Å². The standard InChI is InChI=1S/C13H23N3O/c1-16-8-7-15-13(16)5-10-17-9-4-12-3-2-6-14-11-12/h7-8,12,14H,2-6,9-11H2,1H3. The molecule has 0 bridgehead atoms. The van der Waals surface area contributed by atoms with Gasteiger partial charge in [0.2, 0.25) is 0 Å². The first kappa shape index (κ1) is 12.6. The average molecular weight is 237 g/mol. The van der Waals surface area contributed by atoms with Gasteiger partial charge in [-0.2, -0.15) is 0 Å². The van der Waals surface area contributed by atoms with Gasteiger partial charge in [-0.3, -0.25) is 0 Å². The molecule has 96 valence electrons. The summed E-state index contributed by atoms with van der Waals surface area (Å²) < 4.78 is 7.73. The van der Waals surface area contributed by atoms with Crippen LogP contribution >= 0.6 is 0 Å². The van der Waals surface area contributed by atoms with E-state index in [1.807, 2.05) is 19.4 Å². The van der Waals surface area contributed by atoms with Gasteiger partial charge in [0.1, 0.15) is 5.82 Å². The number of hydrogen-bond acceptors (Lipinski definition) is 3. The number of aromatic nitrogens is 2. The highest BCUT2D eigenvalue weighted by Gasteiger charge is 2.12. The summed E-state index contributed by atoms with van der Waals surface area (Å²) in [7, 11) is 2.02. The SMILES string of the molecule is Cn1ccnc1CCOCCC1CCCNC1. The summed E-state index contributed by atoms with van der Waals surface area (Å²) in [5.41, 5.74) is 0. The lowest BCUT2D eigenvalue weighted by Gasteiger charge is -2.22. The lowest BCUT2D eigenvalue weighted by molar-refractivity contribution is 0.117. The van der Waals surface area contributed by atoms with Gasteiger partial charge in [0.15, 0.2) is 0 Å². The van der Waals surface area contributed by atoms with Crippen LogP contribution in [0.5, 0.6) is 0 Å². The monoisotopic (exact) mass is 237 g/mol. The number of nitrogens with one attached hydrogen (secondary N) is 1. The van der Waals surface area contributed by atoms with Crippen molar-refractivity contribution < 1.29 is 4.74 Å². The molecule has 1 unspecified atom stereocenters. The Bertz CT molecular complexity index is 318. The second-order valence-electron chi connectivity index (χ2n) is 4.82. The van der Waals surface area contributed by atoms with Crippen LogP contribution in [0.2, 0.25) is 0 Å². The molecular formula is C13H23N3O. The van der Waals surface area contributed by atoms with Crippen molar-refractivity contribution in [1.82, 2.24) is 14.9 Å². The number of hydrogen-bond donors (Lipinski definition) is 1. The van der Waals surface area contributed by atoms with Crippen LogP contribution < -0.4 is 5.32 Å². The van der Waals surface area contributed by atoms with Crippen molar-refractivity contribution in [3.8, 4) is 0 Å². The third kappa shape index (κ3) is 4.13. The Labute approximate surface area is 103 Å². The van der Waals surface area contributed by atoms with Gasteiger partial charge in [-0.05, 0) is 38.3 Å². The van der Waals surface area contributed by atoms with Crippen LogP contribution in [-0.4, -0.2) is 35.9 Å². The molecule has 1 aromatic rings. The Balaban J connectivity index is 1.53. The zero-order chi connectivity index (χ0) is 11.9. The molecule has 2 heterocycles. The first-order chi connectivity index (χ1) is 8.36. The first-order valence-corrected chi connectivity index (χ1v) is 6.61. The van der Waals surface area contributed by atoms with Crippen LogP contribution in [-0.2, 0) is 18.2 Å². The van der Waals surface area contributed by atoms with Crippen LogP contribution in [0.15, 0.2) is 12.4 Å². The van der Waals surface area contributed by atoms with Crippen LogP contribution in [0.1, 0.15) is 25.1 Å². The summed E-state index contributed by atoms with van der Waals surface area (Å²) in [6, 6.07) is 0. The fourth-order valence-corrected chi connectivity index (χ4v) is 2.32. The molecule has 4 heteroatoms. The lowest BCUT2D eigenvalue weighted by Crippen LogP contribution is -2.30. The quantitative estimate of drug-likeness (QED) is 0.760. The number of imidazole rings is 1. The van der Waals surface area contributed by atoms with E-state index in [2.05, 4.69) is 14.9 Å². The van der Waals surface area contributed by atoms with Gasteiger partial charge in [-0.25, -0.2) is 4.98 Å². The van der Waals surface area contributed by atoms with Crippen molar-refractivity contribution in [2.75, 3.05) is 26.3 Å². The topological polar surface area (TPSA) is 39.1 Å². The van der Waals surface area contributed by atoms with Crippen molar-refractivity contribution in [3.05, 3.63) is 18.2 Å². The first-order valence-electron chi connectivity index (χ1n) is 6.61. The average Bonchev–Trinajstić information content (AvgIpc) is 2.76. The highest BCUT2D eigenvalue weighted by molar-refractivity contribution is 4.90. The van der Waals surface area contributed by atoms with E-state index in [1.165, 1.54) is 32.4 Å². The molecule has 0 saturated carbocycles. The van der Waals surface area contributed by atoms with Gasteiger partial charge >= 0.3 is 0 Å². The maximum Gasteiger partial charge on any atom is 0.110 e. The predicted molar refractivity (Wildman–Crippen MR) is 67.9 cm³/mol. The molecule has 1 N–H and O–H groups in total. The molecule has 1 aromatic heterocycles. The van der Waals surface area contributed by atoms with Crippen LogP contribution in [0, 0.1) is 5.92 Å². The maximum atomic E-state index is 5.68. The van der Waals surface area contributed by atoms with Gasteiger partial charge < -0.3 is 14.6 Å². The van der Waals surface area contributed by atoms with E-state index in [0.29, 0.717) is 0 Å². The minimum Gasteiger partial charge on any atom is -0.381 e. The molecule has 2 rings (SSSR count). The van der Waals surface area contributed by atoms with E-state index < -0.39 is 0 Å². The fraction of sp³-hybridized carbons (Fsp3) is 0.769. The van der Waals surface area contributed by atoms with Crippen molar-refractivity contribution in [3.63, 3.8) is 0 Å². The molecule has 1 atom stereocenters. The van der Waals surface area contributed by atoms with Gasteiger partial charge in [-0.1, -0.05) is 0 Å². The van der Waals surface area contributed by atoms with E-state index >= 15 is 0 Å². The summed E-state index contributed by atoms with van der Waals surface area (Å²) in [5, 5.41) is 3.44. The molecule has 1 fully saturated rings. The van der Waals surface area contributed by atoms with Gasteiger partial charge in [0, 0.05) is 32.5 Å². The van der Waals surface area contributed by atoms with E-state index in [-0.39, 0.29) is 0 Å². The van der Waals surface area contributed by atoms with E-state index in [1.54, 1.807) is 0 Å². The number of rotatable bonds is 6. The lowest BCUT2D eigenvalue weighted by atomic mass is 9.97. The predicted octanol–water partition coefficient (Wildman–Crippen LogP) is 1.37. The molecule has 1 aliphatic rings. The highest BCUT2D eigenvalue weighted by Crippen LogP contribution is 2.13. The Kier molecular flexibility index (Phi) is 5.01. The molecule has 0 radical (unpaired) electrons. The molecule has 0 amide bonds. The minimum atomic E-state index is 0.783. The smallest absolute Gasteiger partial charge is 0.110 e. The summed E-state index contributed by atoms with van der Waals surface area (Å²) in [4.78, 5) is 4.28. The molecule has 0 aromatic carbocycles. The normalized spacial score (nSPS) is 20.6. The molecule has 17 heavy (non-hydrogen) atoms.